The summed E-state index contributed by atoms with van der Waals surface area (Å²) in [5.74, 6) is -0.260. The fraction of sp³-hybridized carbons (Fsp3) is 0.469. The quantitative estimate of drug-likeness (QED) is 0.354. The highest BCUT2D eigenvalue weighted by molar-refractivity contribution is 7.14. The number of likely N-dealkylation sites (tertiary alicyclic amines) is 1. The number of carboxylic acid groups (broad SMARTS) is 1. The van der Waals surface area contributed by atoms with E-state index >= 15 is 4.39 Å². The van der Waals surface area contributed by atoms with Gasteiger partial charge in [-0.3, -0.25) is 9.59 Å². The Hall–Kier alpha value is -3.46. The Balaban J connectivity index is 1.19. The Morgan fingerprint density at radius 3 is 2.46 bits per heavy atom. The standard InChI is InChI=1S/C32H36FN3O4S/c1-19-6-11-26(40-18-24-10-7-21(15-20(24)2)30(37)35-12-4-3-5-13-35)25(14-19)28-29(33)41-32(34-28)36-16-22-8-9-23(17-36)27(22)31(38)39/h6-7,10-11,14-15,22-23,27H,3-5,8-9,12-13,16-18H2,1-2H3,(H,38,39)/t22-,23+,27+. The highest BCUT2D eigenvalue weighted by atomic mass is 32.1. The predicted molar refractivity (Wildman–Crippen MR) is 157 cm³/mol. The Morgan fingerprint density at radius 1 is 1.05 bits per heavy atom. The first-order valence-electron chi connectivity index (χ1n) is 14.5. The molecule has 1 amide bonds. The van der Waals surface area contributed by atoms with Gasteiger partial charge >= 0.3 is 5.97 Å². The van der Waals surface area contributed by atoms with Gasteiger partial charge in [-0.15, -0.1) is 0 Å². The first-order valence-corrected chi connectivity index (χ1v) is 15.4. The van der Waals surface area contributed by atoms with Crippen molar-refractivity contribution in [1.82, 2.24) is 9.88 Å². The summed E-state index contributed by atoms with van der Waals surface area (Å²) >= 11 is 1.01. The van der Waals surface area contributed by atoms with Gasteiger partial charge in [0.1, 0.15) is 18.1 Å². The molecule has 3 aromatic rings. The maximum atomic E-state index is 15.4. The third-order valence-corrected chi connectivity index (χ3v) is 9.87. The van der Waals surface area contributed by atoms with Crippen LogP contribution in [0.5, 0.6) is 5.75 Å². The number of ether oxygens (including phenoxy) is 1. The lowest BCUT2D eigenvalue weighted by atomic mass is 9.85. The van der Waals surface area contributed by atoms with Crippen LogP contribution in [0.25, 0.3) is 11.3 Å². The number of rotatable bonds is 7. The molecular weight excluding hydrogens is 541 g/mol. The number of aryl methyl sites for hydroxylation is 2. The van der Waals surface area contributed by atoms with Crippen molar-refractivity contribution in [2.45, 2.75) is 52.6 Å². The molecule has 216 valence electrons. The molecule has 1 N–H and O–H groups in total. The number of aliphatic carboxylic acids is 1. The van der Waals surface area contributed by atoms with E-state index in [0.29, 0.717) is 35.1 Å². The second-order valence-electron chi connectivity index (χ2n) is 11.8. The molecule has 3 atom stereocenters. The van der Waals surface area contributed by atoms with Gasteiger partial charge in [-0.05, 0) is 93.2 Å². The van der Waals surface area contributed by atoms with Crippen LogP contribution in [0.4, 0.5) is 9.52 Å². The zero-order valence-electron chi connectivity index (χ0n) is 23.6. The highest BCUT2D eigenvalue weighted by Gasteiger charge is 2.46. The summed E-state index contributed by atoms with van der Waals surface area (Å²) in [5, 5.41) is 9.87. The smallest absolute Gasteiger partial charge is 0.307 e. The third kappa shape index (κ3) is 5.56. The fourth-order valence-corrected chi connectivity index (χ4v) is 7.58. The number of hydrogen-bond donors (Lipinski definition) is 1. The minimum atomic E-state index is -0.719. The number of anilines is 1. The number of carbonyl (C=O) groups excluding carboxylic acids is 1. The maximum absolute atomic E-state index is 15.4. The zero-order chi connectivity index (χ0) is 28.7. The Bertz CT molecular complexity index is 1450. The number of fused-ring (bicyclic) bond motifs is 2. The van der Waals surface area contributed by atoms with Crippen molar-refractivity contribution in [1.29, 1.82) is 0 Å². The Labute approximate surface area is 244 Å². The first kappa shape index (κ1) is 27.7. The lowest BCUT2D eigenvalue weighted by Crippen LogP contribution is -2.44. The Morgan fingerprint density at radius 2 is 1.78 bits per heavy atom. The number of nitrogens with zero attached hydrogens (tertiary/aromatic N) is 3. The second-order valence-corrected chi connectivity index (χ2v) is 12.7. The van der Waals surface area contributed by atoms with Gasteiger partial charge in [0.05, 0.1) is 5.92 Å². The summed E-state index contributed by atoms with van der Waals surface area (Å²) in [6, 6.07) is 11.4. The van der Waals surface area contributed by atoms with Crippen LogP contribution in [0.2, 0.25) is 0 Å². The van der Waals surface area contributed by atoms with Gasteiger partial charge in [0, 0.05) is 37.3 Å². The zero-order valence-corrected chi connectivity index (χ0v) is 24.4. The fourth-order valence-electron chi connectivity index (χ4n) is 6.75. The summed E-state index contributed by atoms with van der Waals surface area (Å²) in [7, 11) is 0. The molecule has 7 nitrogen and oxygen atoms in total. The number of carbonyl (C=O) groups is 2. The molecule has 3 heterocycles. The van der Waals surface area contributed by atoms with Gasteiger partial charge in [0.15, 0.2) is 5.13 Å². The van der Waals surface area contributed by atoms with Gasteiger partial charge < -0.3 is 19.6 Å². The van der Waals surface area contributed by atoms with Crippen molar-refractivity contribution >= 4 is 28.3 Å². The molecule has 2 bridgehead atoms. The normalized spacial score (nSPS) is 22.2. The summed E-state index contributed by atoms with van der Waals surface area (Å²) in [6.45, 7) is 7.03. The molecule has 0 radical (unpaired) electrons. The monoisotopic (exact) mass is 577 g/mol. The predicted octanol–water partition coefficient (Wildman–Crippen LogP) is 6.32. The van der Waals surface area contributed by atoms with Crippen LogP contribution in [0.15, 0.2) is 36.4 Å². The number of halogens is 1. The van der Waals surface area contributed by atoms with Crippen molar-refractivity contribution < 1.29 is 23.8 Å². The molecule has 1 aliphatic carbocycles. The van der Waals surface area contributed by atoms with Crippen molar-refractivity contribution in [3.63, 3.8) is 0 Å². The lowest BCUT2D eigenvalue weighted by molar-refractivity contribution is -0.144. The van der Waals surface area contributed by atoms with E-state index in [9.17, 15) is 14.7 Å². The minimum absolute atomic E-state index is 0.0734. The van der Waals surface area contributed by atoms with Crippen molar-refractivity contribution in [3.8, 4) is 17.0 Å². The number of piperidine rings is 2. The number of carboxylic acids is 1. The van der Waals surface area contributed by atoms with E-state index in [0.717, 1.165) is 66.8 Å². The number of amides is 1. The maximum Gasteiger partial charge on any atom is 0.307 e. The van der Waals surface area contributed by atoms with Crippen molar-refractivity contribution in [3.05, 3.63) is 63.8 Å². The Kier molecular flexibility index (Phi) is 7.72. The van der Waals surface area contributed by atoms with Crippen molar-refractivity contribution in [2.24, 2.45) is 17.8 Å². The molecular formula is C32H36FN3O4S. The van der Waals surface area contributed by atoms with E-state index in [1.807, 2.05) is 55.1 Å². The number of thiazole rings is 1. The van der Waals surface area contributed by atoms with Crippen molar-refractivity contribution in [2.75, 3.05) is 31.1 Å². The molecule has 2 aromatic carbocycles. The van der Waals surface area contributed by atoms with E-state index in [-0.39, 0.29) is 41.1 Å². The highest BCUT2D eigenvalue weighted by Crippen LogP contribution is 2.45. The minimum Gasteiger partial charge on any atom is -0.488 e. The van der Waals surface area contributed by atoms with E-state index in [2.05, 4.69) is 4.90 Å². The molecule has 2 aliphatic heterocycles. The van der Waals surface area contributed by atoms with Crippen LogP contribution in [0.1, 0.15) is 59.2 Å². The molecule has 3 fully saturated rings. The van der Waals surface area contributed by atoms with E-state index in [4.69, 9.17) is 9.72 Å². The molecule has 9 heteroatoms. The summed E-state index contributed by atoms with van der Waals surface area (Å²) in [5.41, 5.74) is 4.46. The van der Waals surface area contributed by atoms with Crippen LogP contribution < -0.4 is 9.64 Å². The van der Waals surface area contributed by atoms with Gasteiger partial charge in [-0.1, -0.05) is 29.0 Å². The topological polar surface area (TPSA) is 83.0 Å². The second kappa shape index (κ2) is 11.4. The van der Waals surface area contributed by atoms with Crippen LogP contribution in [0.3, 0.4) is 0 Å². The molecule has 6 rings (SSSR count). The van der Waals surface area contributed by atoms with E-state index < -0.39 is 5.97 Å². The molecule has 0 unspecified atom stereocenters. The lowest BCUT2D eigenvalue weighted by Gasteiger charge is -2.35. The molecule has 41 heavy (non-hydrogen) atoms. The van der Waals surface area contributed by atoms with E-state index in [1.54, 1.807) is 0 Å². The SMILES string of the molecule is Cc1ccc(OCc2ccc(C(=O)N3CCCCC3)cc2C)c(-c2nc(N3C[C@H]4CC[C@@H](C3)[C@H]4C(=O)O)sc2F)c1. The average molecular weight is 578 g/mol. The van der Waals surface area contributed by atoms with E-state index in [1.165, 1.54) is 6.42 Å². The summed E-state index contributed by atoms with van der Waals surface area (Å²) in [6.07, 6.45) is 5.07. The number of aromatic nitrogens is 1. The van der Waals surface area contributed by atoms with Gasteiger partial charge in [0.2, 0.25) is 5.13 Å². The van der Waals surface area contributed by atoms with Crippen LogP contribution in [0, 0.1) is 36.7 Å². The number of benzene rings is 2. The summed E-state index contributed by atoms with van der Waals surface area (Å²) in [4.78, 5) is 33.4. The van der Waals surface area contributed by atoms with Gasteiger partial charge in [-0.25, -0.2) is 4.98 Å². The molecule has 1 saturated carbocycles. The molecule has 2 saturated heterocycles. The van der Waals surface area contributed by atoms with Crippen LogP contribution in [-0.2, 0) is 11.4 Å². The summed E-state index contributed by atoms with van der Waals surface area (Å²) < 4.78 is 21.7. The van der Waals surface area contributed by atoms with Crippen LogP contribution >= 0.6 is 11.3 Å². The number of hydrogen-bond acceptors (Lipinski definition) is 6. The first-order chi connectivity index (χ1) is 19.8. The molecule has 1 aromatic heterocycles. The van der Waals surface area contributed by atoms with Crippen LogP contribution in [-0.4, -0.2) is 53.0 Å². The van der Waals surface area contributed by atoms with Gasteiger partial charge in [0.25, 0.3) is 5.91 Å². The average Bonchev–Trinajstić information content (AvgIpc) is 3.49. The van der Waals surface area contributed by atoms with Gasteiger partial charge in [-0.2, -0.15) is 4.39 Å². The molecule has 3 aliphatic rings. The molecule has 0 spiro atoms. The third-order valence-electron chi connectivity index (χ3n) is 8.97. The largest absolute Gasteiger partial charge is 0.488 e.